The van der Waals surface area contributed by atoms with Crippen LogP contribution in [0.5, 0.6) is 0 Å². The lowest BCUT2D eigenvalue weighted by Gasteiger charge is -2.11. The summed E-state index contributed by atoms with van der Waals surface area (Å²) < 4.78 is 4.79. The molecule has 0 bridgehead atoms. The van der Waals surface area contributed by atoms with Crippen molar-refractivity contribution in [3.05, 3.63) is 35.9 Å². The van der Waals surface area contributed by atoms with Crippen LogP contribution in [0.4, 0.5) is 5.69 Å². The second-order valence-electron chi connectivity index (χ2n) is 4.03. The van der Waals surface area contributed by atoms with Crippen LogP contribution < -0.4 is 4.90 Å². The van der Waals surface area contributed by atoms with Gasteiger partial charge in [0.2, 0.25) is 0 Å². The fourth-order valence-electron chi connectivity index (χ4n) is 1.29. The van der Waals surface area contributed by atoms with Crippen molar-refractivity contribution in [3.8, 4) is 6.07 Å². The highest BCUT2D eigenvalue weighted by Crippen LogP contribution is 2.13. The second kappa shape index (κ2) is 6.45. The van der Waals surface area contributed by atoms with Crippen LogP contribution in [0.15, 0.2) is 30.3 Å². The van der Waals surface area contributed by atoms with Gasteiger partial charge in [-0.1, -0.05) is 12.1 Å². The van der Waals surface area contributed by atoms with Crippen molar-refractivity contribution >= 4 is 17.7 Å². The third kappa shape index (κ3) is 4.30. The van der Waals surface area contributed by atoms with Crippen molar-refractivity contribution in [2.45, 2.75) is 13.0 Å². The lowest BCUT2D eigenvalue weighted by Crippen LogP contribution is -2.10. The molecule has 0 spiro atoms. The van der Waals surface area contributed by atoms with Crippen molar-refractivity contribution in [1.82, 2.24) is 0 Å². The van der Waals surface area contributed by atoms with Crippen molar-refractivity contribution in [2.24, 2.45) is 0 Å². The maximum Gasteiger partial charge on any atom is 0.332 e. The predicted octanol–water partition coefficient (Wildman–Crippen LogP) is 2.22. The maximum absolute atomic E-state index is 11.3. The fraction of sp³-hybridized carbons (Fsp3) is 0.286. The fourth-order valence-corrected chi connectivity index (χ4v) is 1.29. The molecular formula is C14H16N2O2. The van der Waals surface area contributed by atoms with Crippen LogP contribution in [0.2, 0.25) is 0 Å². The van der Waals surface area contributed by atoms with Crippen LogP contribution in [0.3, 0.4) is 0 Å². The van der Waals surface area contributed by atoms with Crippen LogP contribution >= 0.6 is 0 Å². The largest absolute Gasteiger partial charge is 0.444 e. The van der Waals surface area contributed by atoms with E-state index >= 15 is 0 Å². The standard InChI is InChI=1S/C14H16N2O2/c1-11(10-15)18-14(17)9-6-12-4-7-13(8-5-12)16(2)3/h4-9,11H,1-3H3. The maximum atomic E-state index is 11.3. The van der Waals surface area contributed by atoms with Crippen molar-refractivity contribution in [2.75, 3.05) is 19.0 Å². The van der Waals surface area contributed by atoms with E-state index in [4.69, 9.17) is 10.00 Å². The van der Waals surface area contributed by atoms with Crippen molar-refractivity contribution in [1.29, 1.82) is 5.26 Å². The number of ether oxygens (including phenoxy) is 1. The summed E-state index contributed by atoms with van der Waals surface area (Å²) in [5.41, 5.74) is 2.00. The van der Waals surface area contributed by atoms with Gasteiger partial charge in [-0.3, -0.25) is 0 Å². The zero-order chi connectivity index (χ0) is 13.5. The Kier molecular flexibility index (Phi) is 4.94. The Bertz CT molecular complexity index is 470. The molecule has 94 valence electrons. The lowest BCUT2D eigenvalue weighted by molar-refractivity contribution is -0.139. The average molecular weight is 244 g/mol. The zero-order valence-electron chi connectivity index (χ0n) is 10.8. The smallest absolute Gasteiger partial charge is 0.332 e. The van der Waals surface area contributed by atoms with Gasteiger partial charge in [0.25, 0.3) is 0 Å². The summed E-state index contributed by atoms with van der Waals surface area (Å²) in [6, 6.07) is 9.57. The third-order valence-corrected chi connectivity index (χ3v) is 2.30. The van der Waals surface area contributed by atoms with Crippen LogP contribution in [-0.4, -0.2) is 26.2 Å². The molecule has 1 atom stereocenters. The minimum Gasteiger partial charge on any atom is -0.444 e. The second-order valence-corrected chi connectivity index (χ2v) is 4.03. The highest BCUT2D eigenvalue weighted by molar-refractivity contribution is 5.87. The Balaban J connectivity index is 2.62. The van der Waals surface area contributed by atoms with Gasteiger partial charge in [0.1, 0.15) is 6.07 Å². The normalized spacial score (nSPS) is 11.9. The number of nitriles is 1. The van der Waals surface area contributed by atoms with E-state index in [2.05, 4.69) is 0 Å². The summed E-state index contributed by atoms with van der Waals surface area (Å²) in [7, 11) is 3.93. The van der Waals surface area contributed by atoms with Gasteiger partial charge in [0.05, 0.1) is 0 Å². The number of benzene rings is 1. The summed E-state index contributed by atoms with van der Waals surface area (Å²) in [5, 5.41) is 8.50. The molecule has 0 aromatic heterocycles. The highest BCUT2D eigenvalue weighted by atomic mass is 16.5. The third-order valence-electron chi connectivity index (χ3n) is 2.30. The van der Waals surface area contributed by atoms with Crippen LogP contribution in [0.1, 0.15) is 12.5 Å². The summed E-state index contributed by atoms with van der Waals surface area (Å²) in [4.78, 5) is 13.3. The van der Waals surface area contributed by atoms with Crippen molar-refractivity contribution in [3.63, 3.8) is 0 Å². The number of rotatable bonds is 4. The van der Waals surface area contributed by atoms with Gasteiger partial charge < -0.3 is 9.64 Å². The highest BCUT2D eigenvalue weighted by Gasteiger charge is 2.03. The molecule has 1 rings (SSSR count). The van der Waals surface area contributed by atoms with Crippen molar-refractivity contribution < 1.29 is 9.53 Å². The molecule has 0 aliphatic rings. The number of hydrogen-bond acceptors (Lipinski definition) is 4. The van der Waals surface area contributed by atoms with Gasteiger partial charge in [0, 0.05) is 25.9 Å². The number of anilines is 1. The summed E-state index contributed by atoms with van der Waals surface area (Å²) in [6.45, 7) is 1.53. The molecule has 0 radical (unpaired) electrons. The van der Waals surface area contributed by atoms with Gasteiger partial charge in [-0.2, -0.15) is 5.26 Å². The van der Waals surface area contributed by atoms with Gasteiger partial charge >= 0.3 is 5.97 Å². The molecule has 0 N–H and O–H groups in total. The van der Waals surface area contributed by atoms with E-state index in [1.54, 1.807) is 6.08 Å². The molecular weight excluding hydrogens is 228 g/mol. The first-order valence-electron chi connectivity index (χ1n) is 5.58. The summed E-state index contributed by atoms with van der Waals surface area (Å²) in [5.74, 6) is -0.513. The predicted molar refractivity (Wildman–Crippen MR) is 71.0 cm³/mol. The lowest BCUT2D eigenvalue weighted by atomic mass is 10.2. The molecule has 1 unspecified atom stereocenters. The van der Waals surface area contributed by atoms with Crippen LogP contribution in [0, 0.1) is 11.3 Å². The Hall–Kier alpha value is -2.28. The Morgan fingerprint density at radius 1 is 1.39 bits per heavy atom. The molecule has 0 heterocycles. The first-order valence-corrected chi connectivity index (χ1v) is 5.58. The monoisotopic (exact) mass is 244 g/mol. The minimum atomic E-state index is -0.724. The summed E-state index contributed by atoms with van der Waals surface area (Å²) in [6.07, 6.45) is 2.25. The Morgan fingerprint density at radius 2 is 2.00 bits per heavy atom. The molecule has 0 saturated heterocycles. The van der Waals surface area contributed by atoms with Crippen LogP contribution in [0.25, 0.3) is 6.08 Å². The average Bonchev–Trinajstić information content (AvgIpc) is 2.36. The first-order chi connectivity index (χ1) is 8.52. The number of nitrogens with zero attached hydrogens (tertiary/aromatic N) is 2. The molecule has 0 amide bonds. The molecule has 4 heteroatoms. The van der Waals surface area contributed by atoms with E-state index < -0.39 is 12.1 Å². The molecule has 18 heavy (non-hydrogen) atoms. The molecule has 0 aliphatic carbocycles. The SMILES string of the molecule is CC(C#N)OC(=O)C=Cc1ccc(N(C)C)cc1. The van der Waals surface area contributed by atoms with E-state index in [1.807, 2.05) is 49.3 Å². The Labute approximate surface area is 107 Å². The molecule has 1 aromatic rings. The number of carbonyl (C=O) groups excluding carboxylic acids is 1. The topological polar surface area (TPSA) is 53.3 Å². The van der Waals surface area contributed by atoms with Gasteiger partial charge in [-0.25, -0.2) is 4.79 Å². The van der Waals surface area contributed by atoms with E-state index in [9.17, 15) is 4.79 Å². The number of esters is 1. The quantitative estimate of drug-likeness (QED) is 0.602. The van der Waals surface area contributed by atoms with Gasteiger partial charge in [0.15, 0.2) is 6.10 Å². The molecule has 1 aromatic carbocycles. The van der Waals surface area contributed by atoms with Crippen LogP contribution in [-0.2, 0) is 9.53 Å². The van der Waals surface area contributed by atoms with Gasteiger partial charge in [-0.15, -0.1) is 0 Å². The van der Waals surface area contributed by atoms with E-state index in [-0.39, 0.29) is 0 Å². The Morgan fingerprint density at radius 3 is 2.50 bits per heavy atom. The first kappa shape index (κ1) is 13.8. The molecule has 4 nitrogen and oxygen atoms in total. The van der Waals surface area contributed by atoms with Gasteiger partial charge in [-0.05, 0) is 30.7 Å². The van der Waals surface area contributed by atoms with E-state index in [0.29, 0.717) is 0 Å². The minimum absolute atomic E-state index is 0.513. The van der Waals surface area contributed by atoms with E-state index in [0.717, 1.165) is 11.3 Å². The summed E-state index contributed by atoms with van der Waals surface area (Å²) >= 11 is 0. The molecule has 0 aliphatic heterocycles. The number of carbonyl (C=O) groups is 1. The number of hydrogen-bond donors (Lipinski definition) is 0. The molecule has 0 saturated carbocycles. The zero-order valence-corrected chi connectivity index (χ0v) is 10.8. The molecule has 0 fully saturated rings. The van der Waals surface area contributed by atoms with E-state index in [1.165, 1.54) is 13.0 Å².